The van der Waals surface area contributed by atoms with Gasteiger partial charge in [0.15, 0.2) is 0 Å². The Morgan fingerprint density at radius 3 is 0.952 bits per heavy atom. The fourth-order valence-corrected chi connectivity index (χ4v) is 10.5. The molecule has 296 valence electrons. The van der Waals surface area contributed by atoms with Gasteiger partial charge in [0.05, 0.1) is 16.8 Å². The van der Waals surface area contributed by atoms with Crippen LogP contribution in [0.15, 0.2) is 255 Å². The van der Waals surface area contributed by atoms with Gasteiger partial charge in [-0.25, -0.2) is 0 Å². The largest absolute Gasteiger partial charge is 0.310 e. The van der Waals surface area contributed by atoms with Gasteiger partial charge in [-0.1, -0.05) is 194 Å². The number of anilines is 6. The van der Waals surface area contributed by atoms with Gasteiger partial charge in [0, 0.05) is 33.9 Å². The van der Waals surface area contributed by atoms with Crippen molar-refractivity contribution in [3.8, 4) is 44.5 Å². The second-order valence-corrected chi connectivity index (χ2v) is 16.4. The fraction of sp³-hybridized carbons (Fsp3) is 0.0164. The van der Waals surface area contributed by atoms with Crippen LogP contribution in [-0.4, -0.2) is 0 Å². The van der Waals surface area contributed by atoms with E-state index in [9.17, 15) is 0 Å². The van der Waals surface area contributed by atoms with Gasteiger partial charge in [-0.2, -0.15) is 0 Å². The van der Waals surface area contributed by atoms with Gasteiger partial charge in [0.25, 0.3) is 0 Å². The van der Waals surface area contributed by atoms with Crippen LogP contribution in [-0.2, 0) is 5.41 Å². The second-order valence-electron chi connectivity index (χ2n) is 16.4. The summed E-state index contributed by atoms with van der Waals surface area (Å²) < 4.78 is 0. The van der Waals surface area contributed by atoms with Crippen LogP contribution in [0.1, 0.15) is 22.3 Å². The van der Waals surface area contributed by atoms with Gasteiger partial charge in [-0.3, -0.25) is 0 Å². The molecule has 0 unspecified atom stereocenters. The lowest BCUT2D eigenvalue weighted by Gasteiger charge is -2.34. The molecular weight excluding hydrogens is 761 g/mol. The minimum Gasteiger partial charge on any atom is -0.310 e. The molecule has 1 spiro atoms. The van der Waals surface area contributed by atoms with Gasteiger partial charge in [0.2, 0.25) is 0 Å². The number of para-hydroxylation sites is 4. The highest BCUT2D eigenvalue weighted by atomic mass is 15.2. The Bertz CT molecular complexity index is 3060. The third kappa shape index (κ3) is 5.80. The maximum absolute atomic E-state index is 2.49. The molecule has 0 radical (unpaired) electrons. The van der Waals surface area contributed by atoms with Gasteiger partial charge in [0.1, 0.15) is 0 Å². The minimum absolute atomic E-state index is 0.577. The lowest BCUT2D eigenvalue weighted by atomic mass is 9.70. The van der Waals surface area contributed by atoms with E-state index in [0.29, 0.717) is 0 Å². The normalized spacial score (nSPS) is 12.6. The van der Waals surface area contributed by atoms with Crippen LogP contribution >= 0.6 is 0 Å². The third-order valence-electron chi connectivity index (χ3n) is 13.1. The zero-order valence-corrected chi connectivity index (χ0v) is 34.6. The maximum atomic E-state index is 2.49. The first kappa shape index (κ1) is 36.6. The monoisotopic (exact) mass is 802 g/mol. The summed E-state index contributed by atoms with van der Waals surface area (Å²) in [5, 5.41) is 0. The summed E-state index contributed by atoms with van der Waals surface area (Å²) >= 11 is 0. The first-order valence-electron chi connectivity index (χ1n) is 21.8. The zero-order valence-electron chi connectivity index (χ0n) is 34.6. The first-order valence-corrected chi connectivity index (χ1v) is 21.8. The van der Waals surface area contributed by atoms with E-state index in [-0.39, 0.29) is 0 Å². The number of hydrogen-bond donors (Lipinski definition) is 0. The van der Waals surface area contributed by atoms with Crippen LogP contribution in [0.3, 0.4) is 0 Å². The molecule has 63 heavy (non-hydrogen) atoms. The molecule has 0 N–H and O–H groups in total. The van der Waals surface area contributed by atoms with Gasteiger partial charge in [-0.15, -0.1) is 0 Å². The summed E-state index contributed by atoms with van der Waals surface area (Å²) in [5.41, 5.74) is 21.1. The Hall–Kier alpha value is -8.20. The molecule has 12 rings (SSSR count). The molecule has 2 aliphatic rings. The Morgan fingerprint density at radius 2 is 0.540 bits per heavy atom. The van der Waals surface area contributed by atoms with Gasteiger partial charge < -0.3 is 9.80 Å². The standard InChI is InChI=1S/C61H42N2/c1-5-21-43(22-6-1)49-29-15-19-35-59(49)62(45-25-9-3-10-26-45)47-37-39-53-51-31-13-17-33-55(51)61(57(53)41-47)56-34-18-14-32-52(56)54-40-38-48(42-58(54)61)63(46-27-11-4-12-28-46)60-36-20-16-30-50(60)44-23-7-2-8-24-44/h1-42H. The Kier molecular flexibility index (Phi) is 8.76. The third-order valence-corrected chi connectivity index (χ3v) is 13.1. The van der Waals surface area contributed by atoms with Crippen molar-refractivity contribution in [2.75, 3.05) is 9.80 Å². The van der Waals surface area contributed by atoms with Crippen molar-refractivity contribution < 1.29 is 0 Å². The highest BCUT2D eigenvalue weighted by molar-refractivity contribution is 5.99. The molecule has 2 heteroatoms. The highest BCUT2D eigenvalue weighted by Gasteiger charge is 2.52. The van der Waals surface area contributed by atoms with Crippen LogP contribution in [0.4, 0.5) is 34.1 Å². The van der Waals surface area contributed by atoms with E-state index < -0.39 is 5.41 Å². The van der Waals surface area contributed by atoms with E-state index in [1.54, 1.807) is 0 Å². The molecule has 0 aliphatic heterocycles. The first-order chi connectivity index (χ1) is 31.3. The Balaban J connectivity index is 1.12. The van der Waals surface area contributed by atoms with Gasteiger partial charge in [-0.05, 0) is 116 Å². The summed E-state index contributed by atoms with van der Waals surface area (Å²) in [6, 6.07) is 93.2. The molecule has 0 amide bonds. The lowest BCUT2D eigenvalue weighted by molar-refractivity contribution is 0.793. The van der Waals surface area contributed by atoms with Crippen LogP contribution in [0.5, 0.6) is 0 Å². The lowest BCUT2D eigenvalue weighted by Crippen LogP contribution is -2.26. The van der Waals surface area contributed by atoms with Crippen LogP contribution < -0.4 is 9.80 Å². The average Bonchev–Trinajstić information content (AvgIpc) is 3.82. The number of fused-ring (bicyclic) bond motifs is 10. The topological polar surface area (TPSA) is 6.48 Å². The fourth-order valence-electron chi connectivity index (χ4n) is 10.5. The molecule has 10 aromatic rings. The van der Waals surface area contributed by atoms with Crippen LogP contribution in [0, 0.1) is 0 Å². The van der Waals surface area contributed by atoms with Crippen molar-refractivity contribution in [2.45, 2.75) is 5.41 Å². The summed E-state index contributed by atoms with van der Waals surface area (Å²) in [4.78, 5) is 4.88. The maximum Gasteiger partial charge on any atom is 0.0727 e. The molecular formula is C61H42N2. The van der Waals surface area contributed by atoms with Crippen molar-refractivity contribution in [2.24, 2.45) is 0 Å². The van der Waals surface area contributed by atoms with E-state index in [1.165, 1.54) is 66.8 Å². The van der Waals surface area contributed by atoms with Crippen molar-refractivity contribution >= 4 is 34.1 Å². The van der Waals surface area contributed by atoms with Crippen molar-refractivity contribution in [3.05, 3.63) is 277 Å². The predicted octanol–water partition coefficient (Wildman–Crippen LogP) is 16.3. The number of rotatable bonds is 8. The molecule has 0 saturated heterocycles. The smallest absolute Gasteiger partial charge is 0.0727 e. The summed E-state index contributed by atoms with van der Waals surface area (Å²) in [6.45, 7) is 0. The van der Waals surface area contributed by atoms with Crippen LogP contribution in [0.25, 0.3) is 44.5 Å². The summed E-state index contributed by atoms with van der Waals surface area (Å²) in [7, 11) is 0. The van der Waals surface area contributed by atoms with Crippen molar-refractivity contribution in [1.29, 1.82) is 0 Å². The number of benzene rings is 10. The molecule has 0 saturated carbocycles. The van der Waals surface area contributed by atoms with Gasteiger partial charge >= 0.3 is 0 Å². The van der Waals surface area contributed by atoms with E-state index >= 15 is 0 Å². The molecule has 0 fully saturated rings. The SMILES string of the molecule is c1ccc(-c2ccccc2N(c2ccccc2)c2ccc3c(c2)C2(c4ccccc4-3)c3ccccc3-c3ccc(N(c4ccccc4)c4ccccc4-c4ccccc4)cc32)cc1. The van der Waals surface area contributed by atoms with Crippen molar-refractivity contribution in [1.82, 2.24) is 0 Å². The Morgan fingerprint density at radius 1 is 0.222 bits per heavy atom. The molecule has 0 bridgehead atoms. The molecule has 10 aromatic carbocycles. The average molecular weight is 803 g/mol. The summed E-state index contributed by atoms with van der Waals surface area (Å²) in [5.74, 6) is 0. The molecule has 2 aliphatic carbocycles. The molecule has 2 nitrogen and oxygen atoms in total. The minimum atomic E-state index is -0.577. The summed E-state index contributed by atoms with van der Waals surface area (Å²) in [6.07, 6.45) is 0. The number of nitrogens with zero attached hydrogens (tertiary/aromatic N) is 2. The molecule has 0 atom stereocenters. The quantitative estimate of drug-likeness (QED) is 0.151. The van der Waals surface area contributed by atoms with E-state index in [0.717, 1.165) is 34.1 Å². The van der Waals surface area contributed by atoms with Crippen LogP contribution in [0.2, 0.25) is 0 Å². The van der Waals surface area contributed by atoms with E-state index in [4.69, 9.17) is 0 Å². The van der Waals surface area contributed by atoms with E-state index in [1.807, 2.05) is 0 Å². The zero-order chi connectivity index (χ0) is 41.7. The number of hydrogen-bond acceptors (Lipinski definition) is 2. The molecule has 0 aromatic heterocycles. The highest BCUT2D eigenvalue weighted by Crippen LogP contribution is 2.64. The predicted molar refractivity (Wildman–Crippen MR) is 263 cm³/mol. The second kappa shape index (κ2) is 15.1. The Labute approximate surface area is 369 Å². The van der Waals surface area contributed by atoms with Crippen molar-refractivity contribution in [3.63, 3.8) is 0 Å². The molecule has 0 heterocycles. The van der Waals surface area contributed by atoms with E-state index in [2.05, 4.69) is 265 Å².